The highest BCUT2D eigenvalue weighted by atomic mass is 16.5. The highest BCUT2D eigenvalue weighted by molar-refractivity contribution is 5.85. The van der Waals surface area contributed by atoms with Gasteiger partial charge in [0.2, 0.25) is 0 Å². The molecule has 0 fully saturated rings. The molecule has 0 bridgehead atoms. The van der Waals surface area contributed by atoms with Crippen LogP contribution in [0.2, 0.25) is 0 Å². The number of allylic oxidation sites excluding steroid dienone is 1. The lowest BCUT2D eigenvalue weighted by molar-refractivity contribution is 0.415. The molecule has 0 radical (unpaired) electrons. The summed E-state index contributed by atoms with van der Waals surface area (Å²) in [6.45, 7) is 1.83. The summed E-state index contributed by atoms with van der Waals surface area (Å²) in [7, 11) is 3.73. The molecule has 1 aromatic heterocycles. The predicted molar refractivity (Wildman–Crippen MR) is 72.0 cm³/mol. The molecule has 86 valence electrons. The summed E-state index contributed by atoms with van der Waals surface area (Å²) in [5, 5.41) is 1.18. The third-order valence-electron chi connectivity index (χ3n) is 2.77. The molecule has 17 heavy (non-hydrogen) atoms. The van der Waals surface area contributed by atoms with Crippen LogP contribution in [0.5, 0.6) is 5.75 Å². The highest BCUT2D eigenvalue weighted by Gasteiger charge is 2.03. The first-order valence-electron chi connectivity index (χ1n) is 5.48. The molecule has 0 amide bonds. The van der Waals surface area contributed by atoms with Crippen LogP contribution in [0.25, 0.3) is 17.0 Å². The van der Waals surface area contributed by atoms with Crippen molar-refractivity contribution in [3.05, 3.63) is 36.0 Å². The number of nitrogens with zero attached hydrogens (tertiary/aromatic N) is 1. The molecule has 2 nitrogen and oxygen atoms in total. The van der Waals surface area contributed by atoms with E-state index in [0.717, 1.165) is 11.4 Å². The van der Waals surface area contributed by atoms with Crippen molar-refractivity contribution in [1.82, 2.24) is 4.57 Å². The number of hydrogen-bond acceptors (Lipinski definition) is 1. The van der Waals surface area contributed by atoms with Gasteiger partial charge in [-0.1, -0.05) is 5.92 Å². The Labute approximate surface area is 102 Å². The van der Waals surface area contributed by atoms with Gasteiger partial charge in [0.15, 0.2) is 0 Å². The van der Waals surface area contributed by atoms with Gasteiger partial charge in [0.25, 0.3) is 0 Å². The van der Waals surface area contributed by atoms with E-state index in [4.69, 9.17) is 4.74 Å². The zero-order valence-electron chi connectivity index (χ0n) is 10.3. The lowest BCUT2D eigenvalue weighted by Gasteiger charge is -2.01. The van der Waals surface area contributed by atoms with Gasteiger partial charge in [-0.05, 0) is 43.3 Å². The summed E-state index contributed by atoms with van der Waals surface area (Å²) in [6, 6.07) is 8.21. The van der Waals surface area contributed by atoms with E-state index in [0.29, 0.717) is 0 Å². The van der Waals surface area contributed by atoms with E-state index in [1.54, 1.807) is 7.11 Å². The molecular formula is C15H15NO. The summed E-state index contributed by atoms with van der Waals surface area (Å²) in [5.74, 6) is 6.65. The molecule has 1 aromatic carbocycles. The van der Waals surface area contributed by atoms with Crippen LogP contribution in [0.1, 0.15) is 12.6 Å². The smallest absolute Gasteiger partial charge is 0.119 e. The van der Waals surface area contributed by atoms with E-state index in [1.165, 1.54) is 10.9 Å². The Morgan fingerprint density at radius 3 is 2.82 bits per heavy atom. The predicted octanol–water partition coefficient (Wildman–Crippen LogP) is 3.22. The van der Waals surface area contributed by atoms with E-state index >= 15 is 0 Å². The molecule has 2 rings (SSSR count). The number of ether oxygens (including phenoxy) is 1. The average molecular weight is 225 g/mol. The van der Waals surface area contributed by atoms with Crippen molar-refractivity contribution in [2.75, 3.05) is 7.11 Å². The molecule has 0 aliphatic heterocycles. The van der Waals surface area contributed by atoms with Crippen molar-refractivity contribution in [3.63, 3.8) is 0 Å². The van der Waals surface area contributed by atoms with E-state index in [1.807, 2.05) is 38.3 Å². The van der Waals surface area contributed by atoms with Gasteiger partial charge in [-0.25, -0.2) is 0 Å². The first-order valence-corrected chi connectivity index (χ1v) is 5.48. The van der Waals surface area contributed by atoms with Crippen LogP contribution in [-0.2, 0) is 7.05 Å². The van der Waals surface area contributed by atoms with Crippen molar-refractivity contribution in [2.45, 2.75) is 6.92 Å². The molecule has 0 saturated heterocycles. The summed E-state index contributed by atoms with van der Waals surface area (Å²) >= 11 is 0. The van der Waals surface area contributed by atoms with Crippen molar-refractivity contribution in [1.29, 1.82) is 0 Å². The van der Waals surface area contributed by atoms with Crippen molar-refractivity contribution < 1.29 is 4.74 Å². The Hall–Kier alpha value is -2.14. The topological polar surface area (TPSA) is 14.2 Å². The number of benzene rings is 1. The third kappa shape index (κ3) is 2.19. The Morgan fingerprint density at radius 2 is 2.12 bits per heavy atom. The normalized spacial score (nSPS) is 10.5. The maximum Gasteiger partial charge on any atom is 0.119 e. The van der Waals surface area contributed by atoms with Crippen LogP contribution in [0, 0.1) is 11.8 Å². The third-order valence-corrected chi connectivity index (χ3v) is 2.77. The largest absolute Gasteiger partial charge is 0.497 e. The molecule has 0 unspecified atom stereocenters. The van der Waals surface area contributed by atoms with Crippen molar-refractivity contribution in [3.8, 4) is 17.6 Å². The molecule has 2 heteroatoms. The first kappa shape index (κ1) is 11.3. The number of hydrogen-bond donors (Lipinski definition) is 0. The molecule has 0 aliphatic carbocycles. The van der Waals surface area contributed by atoms with Gasteiger partial charge in [0.1, 0.15) is 5.75 Å². The van der Waals surface area contributed by atoms with Gasteiger partial charge in [-0.3, -0.25) is 0 Å². The highest BCUT2D eigenvalue weighted by Crippen LogP contribution is 2.24. The number of aryl methyl sites for hydroxylation is 1. The van der Waals surface area contributed by atoms with Gasteiger partial charge in [0.05, 0.1) is 7.11 Å². The fraction of sp³-hybridized carbons (Fsp3) is 0.200. The van der Waals surface area contributed by atoms with Crippen LogP contribution in [0.4, 0.5) is 0 Å². The molecule has 0 atom stereocenters. The second kappa shape index (κ2) is 4.80. The zero-order chi connectivity index (χ0) is 12.3. The summed E-state index contributed by atoms with van der Waals surface area (Å²) in [4.78, 5) is 0. The minimum Gasteiger partial charge on any atom is -0.497 e. The van der Waals surface area contributed by atoms with Crippen molar-refractivity contribution in [2.24, 2.45) is 7.05 Å². The summed E-state index contributed by atoms with van der Waals surface area (Å²) < 4.78 is 7.36. The van der Waals surface area contributed by atoms with Crippen LogP contribution in [0.3, 0.4) is 0 Å². The second-order valence-corrected chi connectivity index (χ2v) is 3.78. The molecular weight excluding hydrogens is 210 g/mol. The van der Waals surface area contributed by atoms with Gasteiger partial charge in [-0.15, -0.1) is 5.92 Å². The molecule has 1 heterocycles. The van der Waals surface area contributed by atoms with E-state index < -0.39 is 0 Å². The lowest BCUT2D eigenvalue weighted by Crippen LogP contribution is -1.89. The summed E-state index contributed by atoms with van der Waals surface area (Å²) in [5.41, 5.74) is 2.32. The van der Waals surface area contributed by atoms with Gasteiger partial charge < -0.3 is 9.30 Å². The Balaban J connectivity index is 2.51. The number of fused-ring (bicyclic) bond motifs is 1. The van der Waals surface area contributed by atoms with Gasteiger partial charge >= 0.3 is 0 Å². The zero-order valence-corrected chi connectivity index (χ0v) is 10.3. The minimum atomic E-state index is 0.881. The quantitative estimate of drug-likeness (QED) is 0.716. The number of aromatic nitrogens is 1. The Bertz CT molecular complexity index is 623. The first-order chi connectivity index (χ1) is 8.26. The molecule has 2 aromatic rings. The van der Waals surface area contributed by atoms with Crippen LogP contribution < -0.4 is 4.74 Å². The van der Waals surface area contributed by atoms with Gasteiger partial charge in [-0.2, -0.15) is 0 Å². The van der Waals surface area contributed by atoms with E-state index in [2.05, 4.69) is 28.5 Å². The summed E-state index contributed by atoms with van der Waals surface area (Å²) in [6.07, 6.45) is 3.88. The molecule has 0 N–H and O–H groups in total. The second-order valence-electron chi connectivity index (χ2n) is 3.78. The molecule has 0 spiro atoms. The number of rotatable bonds is 2. The van der Waals surface area contributed by atoms with Crippen LogP contribution in [-0.4, -0.2) is 11.7 Å². The van der Waals surface area contributed by atoms with E-state index in [9.17, 15) is 0 Å². The van der Waals surface area contributed by atoms with E-state index in [-0.39, 0.29) is 0 Å². The lowest BCUT2D eigenvalue weighted by atomic mass is 10.2. The average Bonchev–Trinajstić information content (AvgIpc) is 2.66. The SMILES string of the molecule is CC#C/C=C\c1cc2cc(OC)ccc2n1C. The fourth-order valence-electron chi connectivity index (χ4n) is 1.85. The molecule has 0 aliphatic rings. The monoisotopic (exact) mass is 225 g/mol. The van der Waals surface area contributed by atoms with Crippen LogP contribution >= 0.6 is 0 Å². The number of methoxy groups -OCH3 is 1. The van der Waals surface area contributed by atoms with Crippen LogP contribution in [0.15, 0.2) is 30.3 Å². The fourth-order valence-corrected chi connectivity index (χ4v) is 1.85. The molecule has 0 saturated carbocycles. The standard InChI is InChI=1S/C15H15NO/c1-4-5-6-7-13-10-12-11-14(17-3)8-9-15(12)16(13)2/h6-11H,1-3H3/b7-6-. The maximum absolute atomic E-state index is 5.22. The Kier molecular flexibility index (Phi) is 3.20. The Morgan fingerprint density at radius 1 is 1.29 bits per heavy atom. The minimum absolute atomic E-state index is 0.881. The maximum atomic E-state index is 5.22. The van der Waals surface area contributed by atoms with Crippen molar-refractivity contribution >= 4 is 17.0 Å². The van der Waals surface area contributed by atoms with Gasteiger partial charge in [0, 0.05) is 23.6 Å².